The van der Waals surface area contributed by atoms with Crippen LogP contribution >= 0.6 is 0 Å². The lowest BCUT2D eigenvalue weighted by Gasteiger charge is -2.34. The Morgan fingerprint density at radius 2 is 2.15 bits per heavy atom. The number of rotatable bonds is 5. The van der Waals surface area contributed by atoms with Gasteiger partial charge in [-0.25, -0.2) is 0 Å². The van der Waals surface area contributed by atoms with Crippen molar-refractivity contribution in [1.29, 1.82) is 5.26 Å². The Labute approximate surface area is 119 Å². The van der Waals surface area contributed by atoms with E-state index in [-0.39, 0.29) is 12.7 Å². The van der Waals surface area contributed by atoms with Gasteiger partial charge in [-0.3, -0.25) is 0 Å². The zero-order valence-corrected chi connectivity index (χ0v) is 11.7. The smallest absolute Gasteiger partial charge is 0.121 e. The highest BCUT2D eigenvalue weighted by Gasteiger charge is 2.21. The van der Waals surface area contributed by atoms with Crippen molar-refractivity contribution in [2.75, 3.05) is 38.3 Å². The monoisotopic (exact) mass is 276 g/mol. The summed E-state index contributed by atoms with van der Waals surface area (Å²) in [4.78, 5) is 2.19. The number of piperidine rings is 1. The summed E-state index contributed by atoms with van der Waals surface area (Å²) < 4.78 is 10.8. The maximum Gasteiger partial charge on any atom is 0.121 e. The highest BCUT2D eigenvalue weighted by atomic mass is 16.5. The van der Waals surface area contributed by atoms with Crippen LogP contribution < -0.4 is 9.64 Å². The van der Waals surface area contributed by atoms with E-state index in [0.717, 1.165) is 37.4 Å². The Balaban J connectivity index is 2.04. The second-order valence-corrected chi connectivity index (χ2v) is 4.78. The van der Waals surface area contributed by atoms with E-state index >= 15 is 0 Å². The first-order valence-corrected chi connectivity index (χ1v) is 6.84. The van der Waals surface area contributed by atoms with Crippen LogP contribution in [0.5, 0.6) is 5.75 Å². The minimum absolute atomic E-state index is 0.0642. The second kappa shape index (κ2) is 7.13. The molecule has 0 aliphatic carbocycles. The molecule has 1 N–H and O–H groups in total. The van der Waals surface area contributed by atoms with Crippen LogP contribution in [0.15, 0.2) is 18.2 Å². The summed E-state index contributed by atoms with van der Waals surface area (Å²) in [6.45, 7) is 2.15. The lowest BCUT2D eigenvalue weighted by Crippen LogP contribution is -2.37. The van der Waals surface area contributed by atoms with Gasteiger partial charge in [0.1, 0.15) is 11.8 Å². The summed E-state index contributed by atoms with van der Waals surface area (Å²) >= 11 is 0. The molecule has 20 heavy (non-hydrogen) atoms. The maximum absolute atomic E-state index is 9.21. The SMILES string of the molecule is COc1ccc(C#N)c(N2CCC(OCCO)CC2)c1. The van der Waals surface area contributed by atoms with E-state index in [9.17, 15) is 5.26 Å². The average Bonchev–Trinajstić information content (AvgIpc) is 2.52. The van der Waals surface area contributed by atoms with Crippen LogP contribution in [-0.2, 0) is 4.74 Å². The van der Waals surface area contributed by atoms with Gasteiger partial charge < -0.3 is 19.5 Å². The second-order valence-electron chi connectivity index (χ2n) is 4.78. The maximum atomic E-state index is 9.21. The minimum atomic E-state index is 0.0642. The van der Waals surface area contributed by atoms with Crippen LogP contribution in [0.25, 0.3) is 0 Å². The fraction of sp³-hybridized carbons (Fsp3) is 0.533. The summed E-state index contributed by atoms with van der Waals surface area (Å²) in [5.74, 6) is 0.762. The quantitative estimate of drug-likeness (QED) is 0.883. The number of benzene rings is 1. The number of ether oxygens (including phenoxy) is 2. The van der Waals surface area contributed by atoms with E-state index in [4.69, 9.17) is 14.6 Å². The zero-order chi connectivity index (χ0) is 14.4. The first-order valence-electron chi connectivity index (χ1n) is 6.84. The summed E-state index contributed by atoms with van der Waals surface area (Å²) in [5, 5.41) is 18.0. The third-order valence-corrected chi connectivity index (χ3v) is 3.55. The summed E-state index contributed by atoms with van der Waals surface area (Å²) in [6.07, 6.45) is 2.01. The average molecular weight is 276 g/mol. The number of hydrogen-bond acceptors (Lipinski definition) is 5. The van der Waals surface area contributed by atoms with Crippen LogP contribution in [0.2, 0.25) is 0 Å². The van der Waals surface area contributed by atoms with Crippen molar-refractivity contribution in [1.82, 2.24) is 0 Å². The fourth-order valence-electron chi connectivity index (χ4n) is 2.48. The number of anilines is 1. The molecule has 1 fully saturated rings. The molecule has 0 amide bonds. The van der Waals surface area contributed by atoms with Gasteiger partial charge in [0.25, 0.3) is 0 Å². The molecule has 0 bridgehead atoms. The molecule has 0 saturated carbocycles. The predicted molar refractivity (Wildman–Crippen MR) is 76.0 cm³/mol. The molecule has 108 valence electrons. The van der Waals surface area contributed by atoms with Gasteiger partial charge in [0.15, 0.2) is 0 Å². The summed E-state index contributed by atoms with van der Waals surface area (Å²) in [5.41, 5.74) is 1.59. The minimum Gasteiger partial charge on any atom is -0.497 e. The number of aliphatic hydroxyl groups excluding tert-OH is 1. The van der Waals surface area contributed by atoms with Crippen LogP contribution in [0.3, 0.4) is 0 Å². The zero-order valence-electron chi connectivity index (χ0n) is 11.7. The normalized spacial score (nSPS) is 15.9. The molecule has 1 aromatic carbocycles. The van der Waals surface area contributed by atoms with Crippen molar-refractivity contribution in [3.05, 3.63) is 23.8 Å². The van der Waals surface area contributed by atoms with Gasteiger partial charge in [0.05, 0.1) is 37.7 Å². The van der Waals surface area contributed by atoms with Crippen molar-refractivity contribution >= 4 is 5.69 Å². The van der Waals surface area contributed by atoms with E-state index in [0.29, 0.717) is 12.2 Å². The van der Waals surface area contributed by atoms with E-state index < -0.39 is 0 Å². The van der Waals surface area contributed by atoms with Crippen molar-refractivity contribution in [2.45, 2.75) is 18.9 Å². The molecule has 2 rings (SSSR count). The van der Waals surface area contributed by atoms with Crippen LogP contribution in [0.4, 0.5) is 5.69 Å². The van der Waals surface area contributed by atoms with Crippen molar-refractivity contribution < 1.29 is 14.6 Å². The molecule has 5 nitrogen and oxygen atoms in total. The summed E-state index contributed by atoms with van der Waals surface area (Å²) in [6, 6.07) is 7.74. The largest absolute Gasteiger partial charge is 0.497 e. The Bertz CT molecular complexity index is 476. The summed E-state index contributed by atoms with van der Waals surface area (Å²) in [7, 11) is 1.63. The van der Waals surface area contributed by atoms with Crippen LogP contribution in [0, 0.1) is 11.3 Å². The molecule has 0 radical (unpaired) electrons. The number of nitrogens with zero attached hydrogens (tertiary/aromatic N) is 2. The van der Waals surface area contributed by atoms with Gasteiger partial charge in [-0.2, -0.15) is 5.26 Å². The third-order valence-electron chi connectivity index (χ3n) is 3.55. The van der Waals surface area contributed by atoms with Crippen molar-refractivity contribution in [2.24, 2.45) is 0 Å². The molecule has 0 unspecified atom stereocenters. The van der Waals surface area contributed by atoms with Crippen LogP contribution in [-0.4, -0.2) is 44.6 Å². The number of hydrogen-bond donors (Lipinski definition) is 1. The lowest BCUT2D eigenvalue weighted by molar-refractivity contribution is 0.0159. The molecule has 5 heteroatoms. The number of nitriles is 1. The lowest BCUT2D eigenvalue weighted by atomic mass is 10.0. The first kappa shape index (κ1) is 14.6. The molecule has 1 aromatic rings. The topological polar surface area (TPSA) is 65.7 Å². The Kier molecular flexibility index (Phi) is 5.22. The van der Waals surface area contributed by atoms with Gasteiger partial charge in [-0.05, 0) is 25.0 Å². The highest BCUT2D eigenvalue weighted by Crippen LogP contribution is 2.28. The molecule has 0 atom stereocenters. The van der Waals surface area contributed by atoms with E-state index in [1.807, 2.05) is 6.07 Å². The number of methoxy groups -OCH3 is 1. The van der Waals surface area contributed by atoms with Gasteiger partial charge in [0.2, 0.25) is 0 Å². The van der Waals surface area contributed by atoms with Gasteiger partial charge >= 0.3 is 0 Å². The Morgan fingerprint density at radius 1 is 1.40 bits per heavy atom. The fourth-order valence-corrected chi connectivity index (χ4v) is 2.48. The first-order chi connectivity index (χ1) is 9.78. The van der Waals surface area contributed by atoms with Gasteiger partial charge in [-0.1, -0.05) is 0 Å². The third kappa shape index (κ3) is 3.41. The molecule has 1 saturated heterocycles. The molecule has 1 aliphatic heterocycles. The Morgan fingerprint density at radius 3 is 2.75 bits per heavy atom. The molecule has 0 spiro atoms. The van der Waals surface area contributed by atoms with Crippen molar-refractivity contribution in [3.63, 3.8) is 0 Å². The molecule has 1 heterocycles. The molecule has 0 aromatic heterocycles. The molecule has 1 aliphatic rings. The van der Waals surface area contributed by atoms with Gasteiger partial charge in [-0.15, -0.1) is 0 Å². The van der Waals surface area contributed by atoms with Crippen molar-refractivity contribution in [3.8, 4) is 11.8 Å². The predicted octanol–water partition coefficient (Wildman–Crippen LogP) is 1.54. The number of aliphatic hydroxyl groups is 1. The van der Waals surface area contributed by atoms with E-state index in [1.165, 1.54) is 0 Å². The standard InChI is InChI=1S/C15H20N2O3/c1-19-14-3-2-12(11-16)15(10-14)17-6-4-13(5-7-17)20-9-8-18/h2-3,10,13,18H,4-9H2,1H3. The molecular weight excluding hydrogens is 256 g/mol. The Hall–Kier alpha value is -1.77. The van der Waals surface area contributed by atoms with Crippen LogP contribution in [0.1, 0.15) is 18.4 Å². The van der Waals surface area contributed by atoms with E-state index in [2.05, 4.69) is 11.0 Å². The van der Waals surface area contributed by atoms with E-state index in [1.54, 1.807) is 19.2 Å². The highest BCUT2D eigenvalue weighted by molar-refractivity contribution is 5.62. The van der Waals surface area contributed by atoms with Gasteiger partial charge in [0, 0.05) is 19.2 Å². The molecular formula is C15H20N2O3.